The van der Waals surface area contributed by atoms with E-state index in [-0.39, 0.29) is 6.04 Å². The molecular formula is C31H30N2O2S. The zero-order valence-corrected chi connectivity index (χ0v) is 21.6. The van der Waals surface area contributed by atoms with Crippen molar-refractivity contribution >= 4 is 10.0 Å². The van der Waals surface area contributed by atoms with Gasteiger partial charge in [0.2, 0.25) is 10.0 Å². The van der Waals surface area contributed by atoms with E-state index in [1.165, 1.54) is 0 Å². The van der Waals surface area contributed by atoms with E-state index < -0.39 is 16.1 Å². The number of aromatic nitrogens is 1. The van der Waals surface area contributed by atoms with Gasteiger partial charge in [-0.15, -0.1) is 0 Å². The highest BCUT2D eigenvalue weighted by molar-refractivity contribution is 7.89. The van der Waals surface area contributed by atoms with Crippen LogP contribution in [0.5, 0.6) is 0 Å². The molecule has 2 heterocycles. The molecule has 0 saturated heterocycles. The zero-order valence-electron chi connectivity index (χ0n) is 20.8. The molecule has 0 aliphatic carbocycles. The van der Waals surface area contributed by atoms with Crippen LogP contribution in [-0.2, 0) is 10.0 Å². The molecule has 1 aliphatic heterocycles. The van der Waals surface area contributed by atoms with Crippen LogP contribution in [0.3, 0.4) is 0 Å². The first-order valence-corrected chi connectivity index (χ1v) is 13.6. The molecule has 0 bridgehead atoms. The molecule has 0 fully saturated rings. The lowest BCUT2D eigenvalue weighted by atomic mass is 9.90. The van der Waals surface area contributed by atoms with Gasteiger partial charge < -0.3 is 0 Å². The van der Waals surface area contributed by atoms with Crippen LogP contribution in [0, 0.1) is 13.8 Å². The van der Waals surface area contributed by atoms with Gasteiger partial charge in [0, 0.05) is 11.8 Å². The summed E-state index contributed by atoms with van der Waals surface area (Å²) < 4.78 is 30.2. The molecule has 0 N–H and O–H groups in total. The van der Waals surface area contributed by atoms with E-state index in [0.717, 1.165) is 39.1 Å². The third-order valence-electron chi connectivity index (χ3n) is 6.90. The molecule has 2 atom stereocenters. The Bertz CT molecular complexity index is 1500. The largest absolute Gasteiger partial charge is 0.256 e. The summed E-state index contributed by atoms with van der Waals surface area (Å²) in [5.74, 6) is 0. The molecular weight excluding hydrogens is 464 g/mol. The monoisotopic (exact) mass is 494 g/mol. The summed E-state index contributed by atoms with van der Waals surface area (Å²) in [6, 6.07) is 28.4. The van der Waals surface area contributed by atoms with E-state index in [1.807, 2.05) is 99.8 Å². The highest BCUT2D eigenvalue weighted by atomic mass is 32.2. The highest BCUT2D eigenvalue weighted by Gasteiger charge is 2.41. The minimum absolute atomic E-state index is 0.305. The van der Waals surface area contributed by atoms with Crippen LogP contribution in [0.4, 0.5) is 0 Å². The number of sulfonamides is 1. The third kappa shape index (κ3) is 4.52. The second kappa shape index (κ2) is 9.84. The normalized spacial score (nSPS) is 18.6. The van der Waals surface area contributed by atoms with Crippen molar-refractivity contribution in [3.8, 4) is 11.3 Å². The first kappa shape index (κ1) is 24.2. The lowest BCUT2D eigenvalue weighted by Crippen LogP contribution is -2.40. The van der Waals surface area contributed by atoms with Gasteiger partial charge in [0.05, 0.1) is 22.7 Å². The van der Waals surface area contributed by atoms with Crippen LogP contribution >= 0.6 is 0 Å². The summed E-state index contributed by atoms with van der Waals surface area (Å²) in [4.78, 5) is 5.10. The molecule has 182 valence electrons. The zero-order chi connectivity index (χ0) is 25.3. The number of aryl methyl sites for hydroxylation is 2. The predicted octanol–water partition coefficient (Wildman–Crippen LogP) is 7.19. The molecule has 0 saturated carbocycles. The number of rotatable bonds is 5. The molecule has 1 aromatic heterocycles. The second-order valence-electron chi connectivity index (χ2n) is 9.46. The number of hydrogen-bond donors (Lipinski definition) is 0. The van der Waals surface area contributed by atoms with Crippen molar-refractivity contribution in [2.24, 2.45) is 0 Å². The van der Waals surface area contributed by atoms with Crippen molar-refractivity contribution in [1.82, 2.24) is 9.29 Å². The summed E-state index contributed by atoms with van der Waals surface area (Å²) in [5, 5.41) is 0. The molecule has 1 aliphatic rings. The topological polar surface area (TPSA) is 50.3 Å². The Morgan fingerprint density at radius 3 is 2.08 bits per heavy atom. The summed E-state index contributed by atoms with van der Waals surface area (Å²) in [6.45, 7) is 6.02. The Labute approximate surface area is 214 Å². The fourth-order valence-corrected chi connectivity index (χ4v) is 6.87. The molecule has 0 radical (unpaired) electrons. The Kier molecular flexibility index (Phi) is 6.61. The van der Waals surface area contributed by atoms with Crippen LogP contribution in [0.25, 0.3) is 11.3 Å². The lowest BCUT2D eigenvalue weighted by molar-refractivity contribution is 0.261. The van der Waals surface area contributed by atoms with Gasteiger partial charge in [-0.25, -0.2) is 8.42 Å². The van der Waals surface area contributed by atoms with Crippen LogP contribution in [0.1, 0.15) is 47.7 Å². The van der Waals surface area contributed by atoms with Crippen molar-refractivity contribution in [2.75, 3.05) is 0 Å². The van der Waals surface area contributed by atoms with Crippen molar-refractivity contribution in [3.63, 3.8) is 0 Å². The average Bonchev–Trinajstić information content (AvgIpc) is 2.89. The quantitative estimate of drug-likeness (QED) is 0.276. The average molecular weight is 495 g/mol. The maximum absolute atomic E-state index is 14.3. The van der Waals surface area contributed by atoms with E-state index in [9.17, 15) is 8.42 Å². The van der Waals surface area contributed by atoms with Crippen LogP contribution < -0.4 is 0 Å². The van der Waals surface area contributed by atoms with E-state index >= 15 is 0 Å². The highest BCUT2D eigenvalue weighted by Crippen LogP contribution is 2.45. The number of benzene rings is 3. The van der Waals surface area contributed by atoms with Gasteiger partial charge in [-0.3, -0.25) is 4.98 Å². The summed E-state index contributed by atoms with van der Waals surface area (Å²) in [5.41, 5.74) is 6.88. The predicted molar refractivity (Wildman–Crippen MR) is 145 cm³/mol. The smallest absolute Gasteiger partial charge is 0.244 e. The molecule has 0 amide bonds. The Morgan fingerprint density at radius 2 is 1.44 bits per heavy atom. The van der Waals surface area contributed by atoms with Crippen LogP contribution in [-0.4, -0.2) is 17.7 Å². The Hall–Kier alpha value is -3.54. The van der Waals surface area contributed by atoms with E-state index in [2.05, 4.69) is 12.1 Å². The number of pyridine rings is 1. The van der Waals surface area contributed by atoms with Gasteiger partial charge in [-0.05, 0) is 56.0 Å². The van der Waals surface area contributed by atoms with Crippen molar-refractivity contribution in [3.05, 3.63) is 131 Å². The van der Waals surface area contributed by atoms with Gasteiger partial charge in [0.25, 0.3) is 0 Å². The first-order valence-electron chi connectivity index (χ1n) is 12.2. The third-order valence-corrected chi connectivity index (χ3v) is 8.79. The molecule has 5 rings (SSSR count). The van der Waals surface area contributed by atoms with Gasteiger partial charge in [-0.2, -0.15) is 4.31 Å². The van der Waals surface area contributed by atoms with Gasteiger partial charge in [0.15, 0.2) is 0 Å². The second-order valence-corrected chi connectivity index (χ2v) is 11.3. The molecule has 4 nitrogen and oxygen atoms in total. The summed E-state index contributed by atoms with van der Waals surface area (Å²) in [6.07, 6.45) is 4.60. The molecule has 5 heteroatoms. The molecule has 0 spiro atoms. The summed E-state index contributed by atoms with van der Waals surface area (Å²) in [7, 11) is -3.82. The lowest BCUT2D eigenvalue weighted by Gasteiger charge is -2.41. The van der Waals surface area contributed by atoms with Crippen LogP contribution in [0.2, 0.25) is 0 Å². The first-order chi connectivity index (χ1) is 17.4. The van der Waals surface area contributed by atoms with E-state index in [4.69, 9.17) is 4.98 Å². The van der Waals surface area contributed by atoms with E-state index in [1.54, 1.807) is 16.4 Å². The Morgan fingerprint density at radius 1 is 0.806 bits per heavy atom. The minimum Gasteiger partial charge on any atom is -0.256 e. The molecule has 36 heavy (non-hydrogen) atoms. The molecule has 3 aromatic carbocycles. The van der Waals surface area contributed by atoms with Crippen LogP contribution in [0.15, 0.2) is 114 Å². The SMILES string of the molecule is CC1=CC[C@@H](c2cnc(-c3ccccc3)c(C)c2)N(S(=O)(=O)c2ccc(C)cc2)[C@H]1c1ccccc1. The summed E-state index contributed by atoms with van der Waals surface area (Å²) >= 11 is 0. The molecule has 0 unspecified atom stereocenters. The van der Waals surface area contributed by atoms with Crippen molar-refractivity contribution < 1.29 is 8.42 Å². The van der Waals surface area contributed by atoms with Gasteiger partial charge >= 0.3 is 0 Å². The minimum atomic E-state index is -3.82. The molecule has 4 aromatic rings. The fourth-order valence-electron chi connectivity index (χ4n) is 5.04. The maximum Gasteiger partial charge on any atom is 0.244 e. The van der Waals surface area contributed by atoms with E-state index in [0.29, 0.717) is 11.3 Å². The fraction of sp³-hybridized carbons (Fsp3) is 0.194. The van der Waals surface area contributed by atoms with Crippen molar-refractivity contribution in [1.29, 1.82) is 0 Å². The maximum atomic E-state index is 14.3. The number of hydrogen-bond acceptors (Lipinski definition) is 3. The Balaban J connectivity index is 1.65. The number of nitrogens with zero attached hydrogens (tertiary/aromatic N) is 2. The standard InChI is InChI=1S/C31H30N2O2S/c1-22-14-17-28(18-15-22)36(34,35)33-29(19-16-23(2)31(33)26-12-8-5-9-13-26)27-20-24(3)30(32-21-27)25-10-6-4-7-11-25/h4-18,20-21,29,31H,19H2,1-3H3/t29-,31+/m0/s1. The van der Waals surface area contributed by atoms with Crippen molar-refractivity contribution in [2.45, 2.75) is 44.2 Å². The van der Waals surface area contributed by atoms with Gasteiger partial charge in [0.1, 0.15) is 0 Å². The van der Waals surface area contributed by atoms with Gasteiger partial charge in [-0.1, -0.05) is 96.1 Å².